The molecule has 0 aliphatic carbocycles. The summed E-state index contributed by atoms with van der Waals surface area (Å²) in [4.78, 5) is 54.3. The van der Waals surface area contributed by atoms with Crippen molar-refractivity contribution in [3.63, 3.8) is 0 Å². The van der Waals surface area contributed by atoms with Crippen LogP contribution in [0.5, 0.6) is 11.5 Å². The molecule has 4 aliphatic heterocycles. The molecule has 0 radical (unpaired) electrons. The van der Waals surface area contributed by atoms with Gasteiger partial charge in [-0.25, -0.2) is 0 Å². The van der Waals surface area contributed by atoms with Gasteiger partial charge < -0.3 is 35.0 Å². The van der Waals surface area contributed by atoms with Gasteiger partial charge in [0.1, 0.15) is 11.5 Å². The first-order chi connectivity index (χ1) is 30.9. The molecule has 1 atom stereocenters. The number of β-amino-alcohol motifs (C(OH)–C–C–N with tert-alkyl or cyclic N) is 1. The van der Waals surface area contributed by atoms with Crippen molar-refractivity contribution in [1.29, 1.82) is 0 Å². The summed E-state index contributed by atoms with van der Waals surface area (Å²) >= 11 is 12.8. The molecule has 64 heavy (non-hydrogen) atoms. The first-order valence-corrected chi connectivity index (χ1v) is 22.1. The van der Waals surface area contributed by atoms with Gasteiger partial charge in [-0.2, -0.15) is 0 Å². The van der Waals surface area contributed by atoms with Gasteiger partial charge >= 0.3 is 0 Å². The van der Waals surface area contributed by atoms with Gasteiger partial charge in [0.2, 0.25) is 0 Å². The second-order valence-electron chi connectivity index (χ2n) is 16.5. The van der Waals surface area contributed by atoms with E-state index in [1.165, 1.54) is 0 Å². The highest BCUT2D eigenvalue weighted by atomic mass is 35.5. The maximum Gasteiger partial charge on any atom is 0.262 e. The quantitative estimate of drug-likeness (QED) is 0.136. The SMILES string of the molecule is Cc1ccc2c(N3CCN(CC(=O)c4ccc5c(c4)NC(=O)CO5)CC3)ccc(Cl)c2n1.Cc1ccc2c(N3CCN(CC(O)c4ccc5c(c4)NC(=O)CO5)CC3)ccc(Cl)c2n1. The number of ether oxygens (including phenoxy) is 2. The fraction of sp³-hybridized carbons (Fsp3) is 0.312. The molecule has 2 aromatic heterocycles. The smallest absolute Gasteiger partial charge is 0.262 e. The molecule has 4 aliphatic rings. The number of rotatable bonds is 8. The predicted octanol–water partition coefficient (Wildman–Crippen LogP) is 6.92. The highest BCUT2D eigenvalue weighted by Crippen LogP contribution is 2.35. The Morgan fingerprint density at radius 2 is 1.16 bits per heavy atom. The minimum Gasteiger partial charge on any atom is -0.482 e. The van der Waals surface area contributed by atoms with Crippen LogP contribution in [0.2, 0.25) is 10.0 Å². The number of piperazine rings is 2. The Labute approximate surface area is 380 Å². The summed E-state index contributed by atoms with van der Waals surface area (Å²) in [5.41, 5.74) is 8.31. The third kappa shape index (κ3) is 9.42. The van der Waals surface area contributed by atoms with Crippen molar-refractivity contribution in [1.82, 2.24) is 19.8 Å². The van der Waals surface area contributed by atoms with Gasteiger partial charge in [0.15, 0.2) is 19.0 Å². The normalized spacial score (nSPS) is 17.0. The predicted molar refractivity (Wildman–Crippen MR) is 251 cm³/mol. The maximum absolute atomic E-state index is 12.8. The molecule has 2 amide bonds. The molecule has 0 bridgehead atoms. The first-order valence-electron chi connectivity index (χ1n) is 21.4. The van der Waals surface area contributed by atoms with Crippen molar-refractivity contribution in [3.05, 3.63) is 117 Å². The Balaban J connectivity index is 0.000000162. The van der Waals surface area contributed by atoms with E-state index in [4.69, 9.17) is 32.7 Å². The molecule has 6 aromatic rings. The number of aromatic nitrogens is 2. The lowest BCUT2D eigenvalue weighted by Gasteiger charge is -2.37. The number of Topliss-reactive ketones (excluding diaryl/α,β-unsaturated/α-hetero) is 1. The van der Waals surface area contributed by atoms with Crippen LogP contribution in [0.3, 0.4) is 0 Å². The molecule has 2 saturated heterocycles. The zero-order valence-electron chi connectivity index (χ0n) is 35.6. The lowest BCUT2D eigenvalue weighted by Crippen LogP contribution is -2.48. The van der Waals surface area contributed by atoms with E-state index in [0.717, 1.165) is 102 Å². The molecule has 10 rings (SSSR count). The van der Waals surface area contributed by atoms with Crippen molar-refractivity contribution < 1.29 is 29.0 Å². The topological polar surface area (TPSA) is 153 Å². The van der Waals surface area contributed by atoms with E-state index in [1.807, 2.05) is 50.2 Å². The fourth-order valence-corrected chi connectivity index (χ4v) is 9.03. The van der Waals surface area contributed by atoms with Crippen molar-refractivity contribution >= 4 is 85.4 Å². The number of carbonyl (C=O) groups excluding carboxylic acids is 3. The van der Waals surface area contributed by atoms with Crippen LogP contribution in [0.1, 0.15) is 33.4 Å². The number of halogens is 2. The van der Waals surface area contributed by atoms with Crippen molar-refractivity contribution in [2.75, 3.05) is 99.1 Å². The number of aryl methyl sites for hydroxylation is 2. The van der Waals surface area contributed by atoms with Crippen LogP contribution in [-0.2, 0) is 9.59 Å². The molecule has 14 nitrogen and oxygen atoms in total. The number of hydrogen-bond acceptors (Lipinski definition) is 12. The number of hydrogen-bond donors (Lipinski definition) is 3. The standard InChI is InChI=1S/C24H25ClN4O3.C24H23ClN4O3/c2*1-15-2-4-17-20(6-5-18(25)24(17)26-15)29-10-8-28(9-11-29)13-21(30)16-3-7-22-19(12-16)27-23(31)14-32-22/h2-7,12,21,30H,8-11,13-14H2,1H3,(H,27,31);2-7,12H,8-11,13-14H2,1H3,(H,27,31). The number of ketones is 1. The van der Waals surface area contributed by atoms with E-state index in [9.17, 15) is 19.5 Å². The molecular weight excluding hydrogens is 855 g/mol. The molecule has 3 N–H and O–H groups in total. The number of carbonyl (C=O) groups is 3. The largest absolute Gasteiger partial charge is 0.482 e. The van der Waals surface area contributed by atoms with Gasteiger partial charge in [-0.05, 0) is 98.3 Å². The molecule has 4 aromatic carbocycles. The van der Waals surface area contributed by atoms with Crippen LogP contribution in [-0.4, -0.2) is 121 Å². The number of aliphatic hydroxyl groups excluding tert-OH is 1. The van der Waals surface area contributed by atoms with Gasteiger partial charge in [0, 0.05) is 98.0 Å². The molecule has 16 heteroatoms. The third-order valence-electron chi connectivity index (χ3n) is 12.0. The van der Waals surface area contributed by atoms with E-state index in [0.29, 0.717) is 51.6 Å². The first kappa shape index (κ1) is 43.2. The Kier molecular flexibility index (Phi) is 12.6. The van der Waals surface area contributed by atoms with Crippen LogP contribution < -0.4 is 29.9 Å². The van der Waals surface area contributed by atoms with E-state index in [-0.39, 0.29) is 30.8 Å². The number of nitrogens with zero attached hydrogens (tertiary/aromatic N) is 6. The molecule has 2 fully saturated rings. The van der Waals surface area contributed by atoms with E-state index >= 15 is 0 Å². The summed E-state index contributed by atoms with van der Waals surface area (Å²) < 4.78 is 10.8. The minimum absolute atomic E-state index is 0.00312. The Hall–Kier alpha value is -6.03. The van der Waals surface area contributed by atoms with Crippen LogP contribution >= 0.6 is 23.2 Å². The molecular formula is C48H48Cl2N8O6. The van der Waals surface area contributed by atoms with Crippen LogP contribution in [0.15, 0.2) is 84.9 Å². The minimum atomic E-state index is -0.644. The summed E-state index contributed by atoms with van der Waals surface area (Å²) in [6, 6.07) is 26.7. The summed E-state index contributed by atoms with van der Waals surface area (Å²) in [6.45, 7) is 11.4. The number of amides is 2. The summed E-state index contributed by atoms with van der Waals surface area (Å²) in [6.07, 6.45) is -0.644. The van der Waals surface area contributed by atoms with Gasteiger partial charge in [-0.3, -0.25) is 34.2 Å². The summed E-state index contributed by atoms with van der Waals surface area (Å²) in [5, 5.41) is 19.8. The van der Waals surface area contributed by atoms with Gasteiger partial charge in [-0.15, -0.1) is 0 Å². The van der Waals surface area contributed by atoms with E-state index in [1.54, 1.807) is 30.3 Å². The highest BCUT2D eigenvalue weighted by molar-refractivity contribution is 6.36. The number of benzene rings is 4. The average molecular weight is 904 g/mol. The zero-order valence-corrected chi connectivity index (χ0v) is 37.1. The number of aliphatic hydroxyl groups is 1. The van der Waals surface area contributed by atoms with Crippen molar-refractivity contribution in [2.24, 2.45) is 0 Å². The maximum atomic E-state index is 12.8. The monoisotopic (exact) mass is 902 g/mol. The second kappa shape index (κ2) is 18.6. The van der Waals surface area contributed by atoms with Crippen LogP contribution in [0, 0.1) is 13.8 Å². The van der Waals surface area contributed by atoms with Crippen molar-refractivity contribution in [3.8, 4) is 11.5 Å². The number of pyridine rings is 2. The van der Waals surface area contributed by atoms with Crippen LogP contribution in [0.4, 0.5) is 22.7 Å². The molecule has 0 saturated carbocycles. The number of anilines is 4. The van der Waals surface area contributed by atoms with Gasteiger partial charge in [0.05, 0.1) is 45.1 Å². The van der Waals surface area contributed by atoms with E-state index in [2.05, 4.69) is 58.4 Å². The van der Waals surface area contributed by atoms with Crippen molar-refractivity contribution in [2.45, 2.75) is 20.0 Å². The molecule has 6 heterocycles. The second-order valence-corrected chi connectivity index (χ2v) is 17.3. The molecule has 1 unspecified atom stereocenters. The Morgan fingerprint density at radius 1 is 0.656 bits per heavy atom. The number of nitrogens with one attached hydrogen (secondary N) is 2. The van der Waals surface area contributed by atoms with E-state index < -0.39 is 6.10 Å². The third-order valence-corrected chi connectivity index (χ3v) is 12.6. The van der Waals surface area contributed by atoms with Crippen LogP contribution in [0.25, 0.3) is 21.8 Å². The highest BCUT2D eigenvalue weighted by Gasteiger charge is 2.26. The number of fused-ring (bicyclic) bond motifs is 4. The van der Waals surface area contributed by atoms with Gasteiger partial charge in [0.25, 0.3) is 11.8 Å². The summed E-state index contributed by atoms with van der Waals surface area (Å²) in [5.74, 6) is 0.861. The summed E-state index contributed by atoms with van der Waals surface area (Å²) in [7, 11) is 0. The lowest BCUT2D eigenvalue weighted by molar-refractivity contribution is -0.119. The lowest BCUT2D eigenvalue weighted by atomic mass is 10.1. The average Bonchev–Trinajstić information content (AvgIpc) is 3.30. The molecule has 330 valence electrons. The Bertz CT molecular complexity index is 2770. The fourth-order valence-electron chi connectivity index (χ4n) is 8.61. The Morgan fingerprint density at radius 3 is 1.70 bits per heavy atom. The van der Waals surface area contributed by atoms with Gasteiger partial charge in [-0.1, -0.05) is 29.3 Å². The molecule has 0 spiro atoms. The zero-order chi connectivity index (χ0) is 44.5.